The van der Waals surface area contributed by atoms with E-state index in [-0.39, 0.29) is 6.04 Å². The number of anilines is 1. The molecule has 0 saturated heterocycles. The highest BCUT2D eigenvalue weighted by atomic mass is 16.5. The van der Waals surface area contributed by atoms with Gasteiger partial charge in [0.15, 0.2) is 0 Å². The molecule has 0 fully saturated rings. The fourth-order valence-corrected chi connectivity index (χ4v) is 2.26. The van der Waals surface area contributed by atoms with E-state index in [2.05, 4.69) is 34.3 Å². The van der Waals surface area contributed by atoms with Gasteiger partial charge in [-0.15, -0.1) is 0 Å². The SMILES string of the molecule is CNCc1cc(C)nc(N(CCOC)C(C)COC)c1. The Morgan fingerprint density at radius 3 is 2.65 bits per heavy atom. The van der Waals surface area contributed by atoms with Gasteiger partial charge in [-0.05, 0) is 38.6 Å². The maximum Gasteiger partial charge on any atom is 0.129 e. The molecule has 1 atom stereocenters. The van der Waals surface area contributed by atoms with Gasteiger partial charge in [0.25, 0.3) is 0 Å². The van der Waals surface area contributed by atoms with E-state index in [4.69, 9.17) is 9.47 Å². The Bertz CT molecular complexity index is 399. The lowest BCUT2D eigenvalue weighted by atomic mass is 10.2. The summed E-state index contributed by atoms with van der Waals surface area (Å²) in [6.45, 7) is 7.15. The lowest BCUT2D eigenvalue weighted by Crippen LogP contribution is -2.39. The standard InChI is InChI=1S/C15H27N3O2/c1-12-8-14(10-16-3)9-15(17-12)18(6-7-19-4)13(2)11-20-5/h8-9,13,16H,6-7,10-11H2,1-5H3. The number of ether oxygens (including phenoxy) is 2. The van der Waals surface area contributed by atoms with Crippen molar-refractivity contribution in [2.24, 2.45) is 0 Å². The highest BCUT2D eigenvalue weighted by molar-refractivity contribution is 5.43. The topological polar surface area (TPSA) is 46.6 Å². The molecular formula is C15H27N3O2. The third-order valence-electron chi connectivity index (χ3n) is 3.15. The first kappa shape index (κ1) is 16.9. The van der Waals surface area contributed by atoms with Crippen LogP contribution in [-0.2, 0) is 16.0 Å². The molecule has 114 valence electrons. The second-order valence-corrected chi connectivity index (χ2v) is 5.00. The molecule has 0 saturated carbocycles. The fraction of sp³-hybridized carbons (Fsp3) is 0.667. The van der Waals surface area contributed by atoms with E-state index < -0.39 is 0 Å². The number of hydrogen-bond acceptors (Lipinski definition) is 5. The molecule has 0 aliphatic carbocycles. The van der Waals surface area contributed by atoms with Crippen molar-refractivity contribution in [2.75, 3.05) is 45.9 Å². The molecule has 0 radical (unpaired) electrons. The lowest BCUT2D eigenvalue weighted by Gasteiger charge is -2.30. The monoisotopic (exact) mass is 281 g/mol. The predicted molar refractivity (Wildman–Crippen MR) is 82.3 cm³/mol. The number of methoxy groups -OCH3 is 2. The van der Waals surface area contributed by atoms with Crippen molar-refractivity contribution >= 4 is 5.82 Å². The minimum Gasteiger partial charge on any atom is -0.383 e. The van der Waals surface area contributed by atoms with Gasteiger partial charge in [0, 0.05) is 33.0 Å². The van der Waals surface area contributed by atoms with E-state index in [1.165, 1.54) is 5.56 Å². The molecule has 0 aromatic carbocycles. The summed E-state index contributed by atoms with van der Waals surface area (Å²) < 4.78 is 10.5. The Kier molecular flexibility index (Phi) is 7.51. The minimum absolute atomic E-state index is 0.256. The molecule has 0 bridgehead atoms. The van der Waals surface area contributed by atoms with E-state index in [1.54, 1.807) is 14.2 Å². The maximum absolute atomic E-state index is 5.27. The molecule has 1 unspecified atom stereocenters. The molecule has 0 spiro atoms. The van der Waals surface area contributed by atoms with Crippen LogP contribution in [0, 0.1) is 6.92 Å². The van der Waals surface area contributed by atoms with Gasteiger partial charge < -0.3 is 19.7 Å². The van der Waals surface area contributed by atoms with Gasteiger partial charge in [-0.1, -0.05) is 0 Å². The van der Waals surface area contributed by atoms with E-state index >= 15 is 0 Å². The first-order valence-electron chi connectivity index (χ1n) is 6.99. The molecule has 20 heavy (non-hydrogen) atoms. The first-order valence-corrected chi connectivity index (χ1v) is 6.99. The zero-order valence-electron chi connectivity index (χ0n) is 13.3. The molecule has 1 rings (SSSR count). The van der Waals surface area contributed by atoms with Crippen LogP contribution >= 0.6 is 0 Å². The second-order valence-electron chi connectivity index (χ2n) is 5.00. The maximum atomic E-state index is 5.27. The van der Waals surface area contributed by atoms with Gasteiger partial charge in [0.1, 0.15) is 5.82 Å². The van der Waals surface area contributed by atoms with Crippen LogP contribution in [0.4, 0.5) is 5.82 Å². The lowest BCUT2D eigenvalue weighted by molar-refractivity contribution is 0.170. The minimum atomic E-state index is 0.256. The summed E-state index contributed by atoms with van der Waals surface area (Å²) in [4.78, 5) is 6.89. The van der Waals surface area contributed by atoms with Crippen LogP contribution in [0.2, 0.25) is 0 Å². The van der Waals surface area contributed by atoms with Gasteiger partial charge in [-0.3, -0.25) is 0 Å². The van der Waals surface area contributed by atoms with Gasteiger partial charge in [-0.25, -0.2) is 4.98 Å². The average molecular weight is 281 g/mol. The molecule has 5 nitrogen and oxygen atoms in total. The Labute approximate surface area is 122 Å². The Morgan fingerprint density at radius 2 is 2.05 bits per heavy atom. The molecule has 1 aromatic rings. The molecular weight excluding hydrogens is 254 g/mol. The number of aryl methyl sites for hydroxylation is 1. The Hall–Kier alpha value is -1.17. The Morgan fingerprint density at radius 1 is 1.30 bits per heavy atom. The van der Waals surface area contributed by atoms with Crippen LogP contribution in [0.3, 0.4) is 0 Å². The van der Waals surface area contributed by atoms with E-state index in [0.29, 0.717) is 13.2 Å². The van der Waals surface area contributed by atoms with Crippen LogP contribution in [0.15, 0.2) is 12.1 Å². The molecule has 0 aliphatic rings. The molecule has 1 N–H and O–H groups in total. The summed E-state index contributed by atoms with van der Waals surface area (Å²) in [6, 6.07) is 4.49. The zero-order chi connectivity index (χ0) is 15.0. The largest absolute Gasteiger partial charge is 0.383 e. The number of pyridine rings is 1. The zero-order valence-corrected chi connectivity index (χ0v) is 13.3. The van der Waals surface area contributed by atoms with Crippen molar-refractivity contribution in [3.63, 3.8) is 0 Å². The van der Waals surface area contributed by atoms with Crippen molar-refractivity contribution in [3.05, 3.63) is 23.4 Å². The highest BCUT2D eigenvalue weighted by Gasteiger charge is 2.16. The molecule has 1 heterocycles. The van der Waals surface area contributed by atoms with Crippen LogP contribution in [0.25, 0.3) is 0 Å². The molecule has 0 amide bonds. The van der Waals surface area contributed by atoms with E-state index in [1.807, 2.05) is 14.0 Å². The number of rotatable bonds is 9. The quantitative estimate of drug-likeness (QED) is 0.745. The van der Waals surface area contributed by atoms with Crippen molar-refractivity contribution in [3.8, 4) is 0 Å². The third-order valence-corrected chi connectivity index (χ3v) is 3.15. The molecule has 5 heteroatoms. The van der Waals surface area contributed by atoms with Crippen LogP contribution < -0.4 is 10.2 Å². The summed E-state index contributed by atoms with van der Waals surface area (Å²) >= 11 is 0. The van der Waals surface area contributed by atoms with Crippen molar-refractivity contribution in [1.82, 2.24) is 10.3 Å². The summed E-state index contributed by atoms with van der Waals surface area (Å²) in [5.74, 6) is 0.983. The van der Waals surface area contributed by atoms with Crippen molar-refractivity contribution in [1.29, 1.82) is 0 Å². The smallest absolute Gasteiger partial charge is 0.129 e. The van der Waals surface area contributed by atoms with Crippen molar-refractivity contribution < 1.29 is 9.47 Å². The average Bonchev–Trinajstić information content (AvgIpc) is 2.39. The van der Waals surface area contributed by atoms with Crippen LogP contribution in [0.1, 0.15) is 18.2 Å². The molecule has 0 aliphatic heterocycles. The molecule has 1 aromatic heterocycles. The highest BCUT2D eigenvalue weighted by Crippen LogP contribution is 2.18. The third kappa shape index (κ3) is 5.07. The summed E-state index contributed by atoms with van der Waals surface area (Å²) in [6.07, 6.45) is 0. The van der Waals surface area contributed by atoms with Gasteiger partial charge in [-0.2, -0.15) is 0 Å². The number of nitrogens with zero attached hydrogens (tertiary/aromatic N) is 2. The number of aromatic nitrogens is 1. The summed E-state index contributed by atoms with van der Waals surface area (Å²) in [5, 5.41) is 3.18. The Balaban J connectivity index is 2.98. The fourth-order valence-electron chi connectivity index (χ4n) is 2.26. The van der Waals surface area contributed by atoms with Gasteiger partial charge in [0.05, 0.1) is 19.3 Å². The first-order chi connectivity index (χ1) is 9.62. The van der Waals surface area contributed by atoms with Gasteiger partial charge >= 0.3 is 0 Å². The second kappa shape index (κ2) is 8.89. The van der Waals surface area contributed by atoms with Crippen LogP contribution in [0.5, 0.6) is 0 Å². The normalized spacial score (nSPS) is 12.4. The number of hydrogen-bond donors (Lipinski definition) is 1. The van der Waals surface area contributed by atoms with Gasteiger partial charge in [0.2, 0.25) is 0 Å². The van der Waals surface area contributed by atoms with Crippen molar-refractivity contribution in [2.45, 2.75) is 26.4 Å². The van der Waals surface area contributed by atoms with Crippen LogP contribution in [-0.4, -0.2) is 52.1 Å². The predicted octanol–water partition coefficient (Wildman–Crippen LogP) is 1.60. The van der Waals surface area contributed by atoms with E-state index in [9.17, 15) is 0 Å². The summed E-state index contributed by atoms with van der Waals surface area (Å²) in [5.41, 5.74) is 2.27. The summed E-state index contributed by atoms with van der Waals surface area (Å²) in [7, 11) is 5.39. The van der Waals surface area contributed by atoms with E-state index in [0.717, 1.165) is 24.6 Å². The number of nitrogens with one attached hydrogen (secondary N) is 1.